The van der Waals surface area contributed by atoms with E-state index in [0.29, 0.717) is 38.4 Å². The Morgan fingerprint density at radius 3 is 2.18 bits per heavy atom. The van der Waals surface area contributed by atoms with Crippen LogP contribution in [0.2, 0.25) is 10.0 Å². The maximum Gasteiger partial charge on any atom is 0.261 e. The number of rotatable bonds is 4. The molecule has 6 heteroatoms. The van der Waals surface area contributed by atoms with Crippen molar-refractivity contribution in [2.45, 2.75) is 20.8 Å². The van der Waals surface area contributed by atoms with Gasteiger partial charge in [-0.15, -0.1) is 0 Å². The highest BCUT2D eigenvalue weighted by atomic mass is 35.5. The third-order valence-electron chi connectivity index (χ3n) is 5.54. The minimum atomic E-state index is -0.492. The Hall–Kier alpha value is -3.34. The molecular formula is C27H22Cl2N2O2. The number of halogens is 2. The van der Waals surface area contributed by atoms with E-state index in [2.05, 4.69) is 5.32 Å². The highest BCUT2D eigenvalue weighted by molar-refractivity contribution is 6.32. The third kappa shape index (κ3) is 4.45. The SMILES string of the molecule is Cc1cccc(C)c1NC(=O)c1c(-c2cccc(Cl)c2)n(-c2ccccc2Cl)c(C)cc1=O. The van der Waals surface area contributed by atoms with Crippen LogP contribution in [-0.4, -0.2) is 10.5 Å². The number of carbonyl (C=O) groups is 1. The van der Waals surface area contributed by atoms with E-state index >= 15 is 0 Å². The van der Waals surface area contributed by atoms with Gasteiger partial charge >= 0.3 is 0 Å². The zero-order chi connectivity index (χ0) is 23.7. The lowest BCUT2D eigenvalue weighted by molar-refractivity contribution is 0.102. The molecule has 1 amide bonds. The first-order valence-corrected chi connectivity index (χ1v) is 11.2. The molecule has 4 rings (SSSR count). The van der Waals surface area contributed by atoms with E-state index in [1.165, 1.54) is 6.07 Å². The fourth-order valence-corrected chi connectivity index (χ4v) is 4.40. The normalized spacial score (nSPS) is 10.8. The summed E-state index contributed by atoms with van der Waals surface area (Å²) < 4.78 is 1.83. The highest BCUT2D eigenvalue weighted by Crippen LogP contribution is 2.32. The Morgan fingerprint density at radius 1 is 0.848 bits per heavy atom. The van der Waals surface area contributed by atoms with E-state index in [0.717, 1.165) is 11.1 Å². The summed E-state index contributed by atoms with van der Waals surface area (Å²) in [4.78, 5) is 26.9. The second-order valence-corrected chi connectivity index (χ2v) is 8.74. The van der Waals surface area contributed by atoms with Crippen LogP contribution in [0.3, 0.4) is 0 Å². The van der Waals surface area contributed by atoms with Gasteiger partial charge in [-0.2, -0.15) is 0 Å². The summed E-state index contributed by atoms with van der Waals surface area (Å²) >= 11 is 12.8. The van der Waals surface area contributed by atoms with Gasteiger partial charge in [-0.3, -0.25) is 9.59 Å². The average molecular weight is 477 g/mol. The van der Waals surface area contributed by atoms with Gasteiger partial charge in [0.25, 0.3) is 5.91 Å². The molecule has 0 saturated carbocycles. The van der Waals surface area contributed by atoms with Crippen molar-refractivity contribution in [3.05, 3.63) is 115 Å². The summed E-state index contributed by atoms with van der Waals surface area (Å²) in [5.41, 5.74) is 4.51. The lowest BCUT2D eigenvalue weighted by Gasteiger charge is -2.22. The quantitative estimate of drug-likeness (QED) is 0.345. The monoisotopic (exact) mass is 476 g/mol. The molecule has 1 N–H and O–H groups in total. The maximum absolute atomic E-state index is 13.6. The Morgan fingerprint density at radius 2 is 1.52 bits per heavy atom. The fraction of sp³-hybridized carbons (Fsp3) is 0.111. The molecule has 0 atom stereocenters. The smallest absolute Gasteiger partial charge is 0.261 e. The Kier molecular flexibility index (Phi) is 6.41. The Balaban J connectivity index is 2.03. The molecule has 0 fully saturated rings. The Bertz CT molecular complexity index is 1420. The summed E-state index contributed by atoms with van der Waals surface area (Å²) in [7, 11) is 0. The predicted molar refractivity (Wildman–Crippen MR) is 136 cm³/mol. The minimum Gasteiger partial charge on any atom is -0.321 e. The molecule has 0 aliphatic rings. The van der Waals surface area contributed by atoms with Crippen LogP contribution >= 0.6 is 23.2 Å². The summed E-state index contributed by atoms with van der Waals surface area (Å²) in [6.45, 7) is 5.64. The first-order valence-electron chi connectivity index (χ1n) is 10.4. The van der Waals surface area contributed by atoms with Gasteiger partial charge in [-0.1, -0.05) is 65.7 Å². The molecule has 0 unspecified atom stereocenters. The van der Waals surface area contributed by atoms with Crippen molar-refractivity contribution in [2.75, 3.05) is 5.32 Å². The van der Waals surface area contributed by atoms with Crippen molar-refractivity contribution >= 4 is 34.8 Å². The first-order chi connectivity index (χ1) is 15.8. The average Bonchev–Trinajstić information content (AvgIpc) is 2.76. The zero-order valence-corrected chi connectivity index (χ0v) is 20.0. The number of aromatic nitrogens is 1. The summed E-state index contributed by atoms with van der Waals surface area (Å²) in [6, 6.07) is 21.6. The summed E-state index contributed by atoms with van der Waals surface area (Å²) in [5, 5.41) is 3.94. The molecule has 0 radical (unpaired) electrons. The topological polar surface area (TPSA) is 51.1 Å². The number of hydrogen-bond donors (Lipinski definition) is 1. The zero-order valence-electron chi connectivity index (χ0n) is 18.4. The maximum atomic E-state index is 13.6. The summed E-state index contributed by atoms with van der Waals surface area (Å²) in [5.74, 6) is -0.492. The fourth-order valence-electron chi connectivity index (χ4n) is 3.99. The van der Waals surface area contributed by atoms with Gasteiger partial charge in [0.05, 0.1) is 16.4 Å². The van der Waals surface area contributed by atoms with Crippen molar-refractivity contribution < 1.29 is 4.79 Å². The van der Waals surface area contributed by atoms with E-state index in [-0.39, 0.29) is 11.0 Å². The summed E-state index contributed by atoms with van der Waals surface area (Å²) in [6.07, 6.45) is 0. The molecule has 0 aliphatic heterocycles. The van der Waals surface area contributed by atoms with E-state index in [1.807, 2.05) is 67.8 Å². The van der Waals surface area contributed by atoms with Gasteiger partial charge in [-0.05, 0) is 56.2 Å². The minimum absolute atomic E-state index is 0.0189. The van der Waals surface area contributed by atoms with Gasteiger partial charge in [-0.25, -0.2) is 0 Å². The van der Waals surface area contributed by atoms with Crippen molar-refractivity contribution in [2.24, 2.45) is 0 Å². The standard InChI is InChI=1S/C27H22Cl2N2O2/c1-16-8-6-9-17(2)25(16)30-27(33)24-23(32)14-18(3)31(22-13-5-4-12-21(22)29)26(24)19-10-7-11-20(28)15-19/h4-15H,1-3H3,(H,30,33). The van der Waals surface area contributed by atoms with E-state index in [1.54, 1.807) is 24.3 Å². The lowest BCUT2D eigenvalue weighted by atomic mass is 10.0. The van der Waals surface area contributed by atoms with Crippen LogP contribution in [0.5, 0.6) is 0 Å². The molecule has 0 aliphatic carbocycles. The molecule has 4 nitrogen and oxygen atoms in total. The van der Waals surface area contributed by atoms with Gasteiger partial charge in [0.1, 0.15) is 5.56 Å². The van der Waals surface area contributed by atoms with Crippen LogP contribution in [0.25, 0.3) is 16.9 Å². The number of benzene rings is 3. The number of nitrogens with one attached hydrogen (secondary N) is 1. The molecule has 33 heavy (non-hydrogen) atoms. The number of aryl methyl sites for hydroxylation is 3. The Labute approximate surface area is 202 Å². The van der Waals surface area contributed by atoms with Crippen LogP contribution in [0.15, 0.2) is 77.6 Å². The molecular weight excluding hydrogens is 455 g/mol. The number of nitrogens with zero attached hydrogens (tertiary/aromatic N) is 1. The van der Waals surface area contributed by atoms with Crippen LogP contribution in [0.1, 0.15) is 27.2 Å². The van der Waals surface area contributed by atoms with Crippen molar-refractivity contribution in [3.8, 4) is 16.9 Å². The van der Waals surface area contributed by atoms with Crippen LogP contribution < -0.4 is 10.7 Å². The van der Waals surface area contributed by atoms with E-state index in [9.17, 15) is 9.59 Å². The second-order valence-electron chi connectivity index (χ2n) is 7.89. The number of amides is 1. The van der Waals surface area contributed by atoms with Crippen molar-refractivity contribution in [3.63, 3.8) is 0 Å². The van der Waals surface area contributed by atoms with Crippen molar-refractivity contribution in [1.29, 1.82) is 0 Å². The molecule has 1 aromatic heterocycles. The van der Waals surface area contributed by atoms with Crippen LogP contribution in [0, 0.1) is 20.8 Å². The molecule has 0 saturated heterocycles. The molecule has 166 valence electrons. The largest absolute Gasteiger partial charge is 0.321 e. The molecule has 0 bridgehead atoms. The second kappa shape index (κ2) is 9.26. The van der Waals surface area contributed by atoms with Gasteiger partial charge in [0, 0.05) is 28.0 Å². The molecule has 1 heterocycles. The van der Waals surface area contributed by atoms with Gasteiger partial charge in [0.2, 0.25) is 0 Å². The van der Waals surface area contributed by atoms with Crippen LogP contribution in [-0.2, 0) is 0 Å². The molecule has 3 aromatic carbocycles. The number of pyridine rings is 1. The number of anilines is 1. The number of carbonyl (C=O) groups excluding carboxylic acids is 1. The van der Waals surface area contributed by atoms with Crippen molar-refractivity contribution in [1.82, 2.24) is 4.57 Å². The van der Waals surface area contributed by atoms with Gasteiger partial charge in [0.15, 0.2) is 5.43 Å². The van der Waals surface area contributed by atoms with E-state index in [4.69, 9.17) is 23.2 Å². The number of hydrogen-bond acceptors (Lipinski definition) is 2. The third-order valence-corrected chi connectivity index (χ3v) is 6.09. The number of para-hydroxylation sites is 2. The molecule has 4 aromatic rings. The predicted octanol–water partition coefficient (Wildman–Crippen LogP) is 6.99. The molecule has 0 spiro atoms. The van der Waals surface area contributed by atoms with E-state index < -0.39 is 5.91 Å². The first kappa shape index (κ1) is 22.8. The van der Waals surface area contributed by atoms with Gasteiger partial charge < -0.3 is 9.88 Å². The van der Waals surface area contributed by atoms with Crippen LogP contribution in [0.4, 0.5) is 5.69 Å². The highest BCUT2D eigenvalue weighted by Gasteiger charge is 2.24. The lowest BCUT2D eigenvalue weighted by Crippen LogP contribution is -2.26.